The lowest BCUT2D eigenvalue weighted by Gasteiger charge is -2.14. The molecule has 0 saturated heterocycles. The van der Waals surface area contributed by atoms with E-state index >= 15 is 0 Å². The molecule has 1 unspecified atom stereocenters. The van der Waals surface area contributed by atoms with Crippen molar-refractivity contribution < 1.29 is 22.7 Å². The molecule has 0 aliphatic carbocycles. The minimum atomic E-state index is -4.42. The fourth-order valence-corrected chi connectivity index (χ4v) is 1.58. The molecule has 1 aromatic rings. The van der Waals surface area contributed by atoms with Crippen molar-refractivity contribution in [2.75, 3.05) is 6.61 Å². The van der Waals surface area contributed by atoms with Gasteiger partial charge in [0.1, 0.15) is 0 Å². The summed E-state index contributed by atoms with van der Waals surface area (Å²) in [5.74, 6) is -1.46. The molecule has 3 nitrogen and oxygen atoms in total. The van der Waals surface area contributed by atoms with Crippen LogP contribution in [0.25, 0.3) is 0 Å². The number of hydrogen-bond donors (Lipinski definition) is 0. The largest absolute Gasteiger partial charge is 0.465 e. The van der Waals surface area contributed by atoms with Gasteiger partial charge in [-0.05, 0) is 24.6 Å². The molecule has 0 saturated carbocycles. The standard InChI is InChI=1S/C13H12F3NO2/c1-2-19-12(18)11(7-8-17)9-3-5-10(6-4-9)13(14,15)16/h3-6,11H,2,7H2,1H3. The van der Waals surface area contributed by atoms with Gasteiger partial charge in [-0.25, -0.2) is 0 Å². The van der Waals surface area contributed by atoms with Gasteiger partial charge in [0.05, 0.1) is 30.6 Å². The summed E-state index contributed by atoms with van der Waals surface area (Å²) in [6, 6.07) is 6.00. The molecule has 0 bridgehead atoms. The minimum Gasteiger partial charge on any atom is -0.465 e. The lowest BCUT2D eigenvalue weighted by Crippen LogP contribution is -2.16. The monoisotopic (exact) mass is 271 g/mol. The molecule has 6 heteroatoms. The predicted molar refractivity (Wildman–Crippen MR) is 61.0 cm³/mol. The SMILES string of the molecule is CCOC(=O)C(CC#N)c1ccc(C(F)(F)F)cc1. The van der Waals surface area contributed by atoms with Crippen molar-refractivity contribution in [1.29, 1.82) is 5.26 Å². The van der Waals surface area contributed by atoms with E-state index in [1.807, 2.05) is 6.07 Å². The zero-order valence-electron chi connectivity index (χ0n) is 10.2. The van der Waals surface area contributed by atoms with Crippen LogP contribution in [0, 0.1) is 11.3 Å². The molecule has 0 radical (unpaired) electrons. The Labute approximate surface area is 108 Å². The van der Waals surface area contributed by atoms with Crippen LogP contribution in [0.3, 0.4) is 0 Å². The Morgan fingerprint density at radius 1 is 1.37 bits per heavy atom. The molecule has 19 heavy (non-hydrogen) atoms. The third kappa shape index (κ3) is 3.98. The van der Waals surface area contributed by atoms with E-state index in [2.05, 4.69) is 0 Å². The van der Waals surface area contributed by atoms with Gasteiger partial charge in [-0.15, -0.1) is 0 Å². The van der Waals surface area contributed by atoms with Crippen molar-refractivity contribution in [3.05, 3.63) is 35.4 Å². The second-order valence-corrected chi connectivity index (χ2v) is 3.79. The quantitative estimate of drug-likeness (QED) is 0.790. The Kier molecular flexibility index (Phi) is 4.93. The van der Waals surface area contributed by atoms with Crippen LogP contribution in [0.2, 0.25) is 0 Å². The number of carbonyl (C=O) groups excluding carboxylic acids is 1. The number of benzene rings is 1. The maximum Gasteiger partial charge on any atom is 0.416 e. The molecule has 0 aliphatic rings. The first kappa shape index (κ1) is 15.0. The number of halogens is 3. The smallest absolute Gasteiger partial charge is 0.416 e. The summed E-state index contributed by atoms with van der Waals surface area (Å²) in [5, 5.41) is 8.66. The van der Waals surface area contributed by atoms with Crippen LogP contribution in [0.1, 0.15) is 30.4 Å². The van der Waals surface area contributed by atoms with E-state index in [4.69, 9.17) is 10.00 Å². The van der Waals surface area contributed by atoms with Gasteiger partial charge in [-0.1, -0.05) is 12.1 Å². The highest BCUT2D eigenvalue weighted by atomic mass is 19.4. The minimum absolute atomic E-state index is 0.135. The average Bonchev–Trinajstić information content (AvgIpc) is 2.35. The summed E-state index contributed by atoms with van der Waals surface area (Å²) in [4.78, 5) is 11.6. The maximum atomic E-state index is 12.4. The Morgan fingerprint density at radius 3 is 2.37 bits per heavy atom. The molecule has 0 N–H and O–H groups in total. The molecular weight excluding hydrogens is 259 g/mol. The lowest BCUT2D eigenvalue weighted by atomic mass is 9.95. The van der Waals surface area contributed by atoms with Gasteiger partial charge in [-0.2, -0.15) is 18.4 Å². The molecule has 0 heterocycles. The molecule has 1 atom stereocenters. The molecule has 0 amide bonds. The molecular formula is C13H12F3NO2. The number of nitrogens with zero attached hydrogens (tertiary/aromatic N) is 1. The van der Waals surface area contributed by atoms with Crippen LogP contribution in [0.5, 0.6) is 0 Å². The van der Waals surface area contributed by atoms with E-state index in [-0.39, 0.29) is 13.0 Å². The van der Waals surface area contributed by atoms with E-state index in [1.54, 1.807) is 6.92 Å². The fraction of sp³-hybridized carbons (Fsp3) is 0.385. The Hall–Kier alpha value is -2.03. The lowest BCUT2D eigenvalue weighted by molar-refractivity contribution is -0.144. The van der Waals surface area contributed by atoms with Crippen LogP contribution in [-0.2, 0) is 15.7 Å². The van der Waals surface area contributed by atoms with Crippen LogP contribution in [0.15, 0.2) is 24.3 Å². The Bertz CT molecular complexity index is 474. The van der Waals surface area contributed by atoms with E-state index < -0.39 is 23.6 Å². The number of rotatable bonds is 4. The van der Waals surface area contributed by atoms with Crippen LogP contribution >= 0.6 is 0 Å². The van der Waals surface area contributed by atoms with E-state index in [9.17, 15) is 18.0 Å². The molecule has 0 fully saturated rings. The van der Waals surface area contributed by atoms with Crippen molar-refractivity contribution in [3.8, 4) is 6.07 Å². The van der Waals surface area contributed by atoms with Gasteiger partial charge < -0.3 is 4.74 Å². The third-order valence-corrected chi connectivity index (χ3v) is 2.51. The first-order chi connectivity index (χ1) is 8.90. The van der Waals surface area contributed by atoms with Gasteiger partial charge in [0.2, 0.25) is 0 Å². The number of nitriles is 1. The zero-order valence-corrected chi connectivity index (χ0v) is 10.2. The fourth-order valence-electron chi connectivity index (χ4n) is 1.58. The third-order valence-electron chi connectivity index (χ3n) is 2.51. The van der Waals surface area contributed by atoms with E-state index in [1.165, 1.54) is 12.1 Å². The molecule has 102 valence electrons. The summed E-state index contributed by atoms with van der Waals surface area (Å²) in [5.41, 5.74) is -0.455. The van der Waals surface area contributed by atoms with Crippen LogP contribution in [-0.4, -0.2) is 12.6 Å². The van der Waals surface area contributed by atoms with Crippen molar-refractivity contribution in [2.24, 2.45) is 0 Å². The van der Waals surface area contributed by atoms with E-state index in [0.717, 1.165) is 12.1 Å². The van der Waals surface area contributed by atoms with Crippen molar-refractivity contribution >= 4 is 5.97 Å². The Morgan fingerprint density at radius 2 is 1.95 bits per heavy atom. The summed E-state index contributed by atoms with van der Waals surface area (Å²) in [6.07, 6.45) is -4.56. The highest BCUT2D eigenvalue weighted by Gasteiger charge is 2.31. The number of carbonyl (C=O) groups is 1. The van der Waals surface area contributed by atoms with Crippen molar-refractivity contribution in [1.82, 2.24) is 0 Å². The molecule has 1 aromatic carbocycles. The zero-order chi connectivity index (χ0) is 14.5. The summed E-state index contributed by atoms with van der Waals surface area (Å²) < 4.78 is 42.0. The summed E-state index contributed by atoms with van der Waals surface area (Å²) in [7, 11) is 0. The van der Waals surface area contributed by atoms with Crippen molar-refractivity contribution in [2.45, 2.75) is 25.4 Å². The second-order valence-electron chi connectivity index (χ2n) is 3.79. The number of hydrogen-bond acceptors (Lipinski definition) is 3. The summed E-state index contributed by atoms with van der Waals surface area (Å²) in [6.45, 7) is 1.77. The first-order valence-electron chi connectivity index (χ1n) is 5.61. The molecule has 0 spiro atoms. The number of esters is 1. The number of alkyl halides is 3. The number of ether oxygens (including phenoxy) is 1. The summed E-state index contributed by atoms with van der Waals surface area (Å²) >= 11 is 0. The topological polar surface area (TPSA) is 50.1 Å². The van der Waals surface area contributed by atoms with Crippen molar-refractivity contribution in [3.63, 3.8) is 0 Å². The van der Waals surface area contributed by atoms with Gasteiger partial charge in [0.25, 0.3) is 0 Å². The predicted octanol–water partition coefficient (Wildman–Crippen LogP) is 3.27. The molecule has 0 aliphatic heterocycles. The van der Waals surface area contributed by atoms with Crippen LogP contribution in [0.4, 0.5) is 13.2 Å². The van der Waals surface area contributed by atoms with Crippen LogP contribution < -0.4 is 0 Å². The van der Waals surface area contributed by atoms with Gasteiger partial charge in [0.15, 0.2) is 0 Å². The maximum absolute atomic E-state index is 12.4. The second kappa shape index (κ2) is 6.23. The normalized spacial score (nSPS) is 12.6. The Balaban J connectivity index is 2.98. The van der Waals surface area contributed by atoms with Gasteiger partial charge in [0, 0.05) is 0 Å². The van der Waals surface area contributed by atoms with Gasteiger partial charge in [-0.3, -0.25) is 4.79 Å². The highest BCUT2D eigenvalue weighted by Crippen LogP contribution is 2.31. The van der Waals surface area contributed by atoms with Gasteiger partial charge >= 0.3 is 12.1 Å². The first-order valence-corrected chi connectivity index (χ1v) is 5.61. The molecule has 0 aromatic heterocycles. The highest BCUT2D eigenvalue weighted by molar-refractivity contribution is 5.78. The van der Waals surface area contributed by atoms with E-state index in [0.29, 0.717) is 5.56 Å². The average molecular weight is 271 g/mol. The molecule has 1 rings (SSSR count).